The predicted octanol–water partition coefficient (Wildman–Crippen LogP) is 2.39. The molecule has 0 bridgehead atoms. The smallest absolute Gasteiger partial charge is 0.241 e. The first kappa shape index (κ1) is 18.2. The Kier molecular flexibility index (Phi) is 6.38. The van der Waals surface area contributed by atoms with E-state index >= 15 is 0 Å². The first-order valence-corrected chi connectivity index (χ1v) is 9.76. The highest BCUT2D eigenvalue weighted by atomic mass is 32.2. The maximum atomic E-state index is 11.7. The zero-order valence-electron chi connectivity index (χ0n) is 14.1. The van der Waals surface area contributed by atoms with Crippen LogP contribution in [-0.2, 0) is 14.8 Å². The van der Waals surface area contributed by atoms with Crippen LogP contribution in [-0.4, -0.2) is 39.2 Å². The molecule has 0 amide bonds. The highest BCUT2D eigenvalue weighted by Gasteiger charge is 2.27. The van der Waals surface area contributed by atoms with Gasteiger partial charge in [0, 0.05) is 18.8 Å². The van der Waals surface area contributed by atoms with Gasteiger partial charge in [0.2, 0.25) is 10.0 Å². The topological polar surface area (TPSA) is 80.3 Å². The van der Waals surface area contributed by atoms with E-state index in [1.54, 1.807) is 12.1 Å². The highest BCUT2D eigenvalue weighted by Crippen LogP contribution is 2.26. The van der Waals surface area contributed by atoms with Crippen LogP contribution in [0.5, 0.6) is 0 Å². The molecule has 2 atom stereocenters. The fourth-order valence-electron chi connectivity index (χ4n) is 3.05. The molecule has 2 heterocycles. The van der Waals surface area contributed by atoms with E-state index in [0.717, 1.165) is 32.3 Å². The summed E-state index contributed by atoms with van der Waals surface area (Å²) in [4.78, 5) is 4.40. The molecular weight excluding hydrogens is 314 g/mol. The van der Waals surface area contributed by atoms with Crippen molar-refractivity contribution in [3.8, 4) is 0 Å². The molecule has 0 aliphatic carbocycles. The van der Waals surface area contributed by atoms with Crippen molar-refractivity contribution in [2.75, 3.05) is 19.0 Å². The van der Waals surface area contributed by atoms with Crippen LogP contribution >= 0.6 is 0 Å². The number of ether oxygens (including phenoxy) is 1. The molecule has 2 rings (SSSR count). The largest absolute Gasteiger partial charge is 0.378 e. The van der Waals surface area contributed by atoms with Crippen LogP contribution in [0.15, 0.2) is 23.2 Å². The SMILES string of the molecule is CCC(CC)C1CC(Nc2ccc(S(=O)(=O)NC)cn2)CCO1. The Balaban J connectivity index is 1.99. The summed E-state index contributed by atoms with van der Waals surface area (Å²) in [6, 6.07) is 3.60. The highest BCUT2D eigenvalue weighted by molar-refractivity contribution is 7.89. The third-order valence-corrected chi connectivity index (χ3v) is 5.96. The van der Waals surface area contributed by atoms with E-state index < -0.39 is 10.0 Å². The van der Waals surface area contributed by atoms with Crippen LogP contribution < -0.4 is 10.0 Å². The molecule has 2 unspecified atom stereocenters. The van der Waals surface area contributed by atoms with Crippen LogP contribution in [0.3, 0.4) is 0 Å². The molecule has 1 aromatic rings. The molecule has 1 aliphatic heterocycles. The number of aromatic nitrogens is 1. The lowest BCUT2D eigenvalue weighted by Crippen LogP contribution is -2.38. The average molecular weight is 341 g/mol. The molecule has 0 radical (unpaired) electrons. The van der Waals surface area contributed by atoms with Gasteiger partial charge in [0.05, 0.1) is 6.10 Å². The molecule has 1 aliphatic rings. The average Bonchev–Trinajstić information content (AvgIpc) is 2.57. The summed E-state index contributed by atoms with van der Waals surface area (Å²) >= 11 is 0. The fraction of sp³-hybridized carbons (Fsp3) is 0.688. The van der Waals surface area contributed by atoms with E-state index in [-0.39, 0.29) is 4.90 Å². The summed E-state index contributed by atoms with van der Waals surface area (Å²) in [6.45, 7) is 5.17. The molecule has 1 saturated heterocycles. The van der Waals surface area contributed by atoms with E-state index in [9.17, 15) is 8.42 Å². The Bertz CT molecular complexity index is 585. The third kappa shape index (κ3) is 4.65. The van der Waals surface area contributed by atoms with Crippen molar-refractivity contribution < 1.29 is 13.2 Å². The van der Waals surface area contributed by atoms with Gasteiger partial charge in [-0.2, -0.15) is 0 Å². The maximum absolute atomic E-state index is 11.7. The monoisotopic (exact) mass is 341 g/mol. The van der Waals surface area contributed by atoms with E-state index in [1.165, 1.54) is 13.2 Å². The van der Waals surface area contributed by atoms with Crippen molar-refractivity contribution >= 4 is 15.8 Å². The van der Waals surface area contributed by atoms with Gasteiger partial charge in [0.1, 0.15) is 10.7 Å². The van der Waals surface area contributed by atoms with Gasteiger partial charge < -0.3 is 10.1 Å². The van der Waals surface area contributed by atoms with Crippen molar-refractivity contribution in [3.05, 3.63) is 18.3 Å². The molecule has 7 heteroatoms. The number of hydrogen-bond acceptors (Lipinski definition) is 5. The predicted molar refractivity (Wildman–Crippen MR) is 90.9 cm³/mol. The van der Waals surface area contributed by atoms with Crippen LogP contribution in [0.1, 0.15) is 39.5 Å². The number of sulfonamides is 1. The molecule has 23 heavy (non-hydrogen) atoms. The molecule has 0 saturated carbocycles. The molecule has 1 fully saturated rings. The number of pyridine rings is 1. The summed E-state index contributed by atoms with van der Waals surface area (Å²) in [5, 5.41) is 3.40. The van der Waals surface area contributed by atoms with Crippen LogP contribution in [0.4, 0.5) is 5.82 Å². The van der Waals surface area contributed by atoms with Gasteiger partial charge in [0.25, 0.3) is 0 Å². The summed E-state index contributed by atoms with van der Waals surface area (Å²) in [7, 11) is -2.04. The number of nitrogens with one attached hydrogen (secondary N) is 2. The van der Waals surface area contributed by atoms with E-state index in [2.05, 4.69) is 28.9 Å². The van der Waals surface area contributed by atoms with Crippen molar-refractivity contribution in [2.24, 2.45) is 5.92 Å². The minimum absolute atomic E-state index is 0.174. The maximum Gasteiger partial charge on any atom is 0.241 e. The van der Waals surface area contributed by atoms with Crippen LogP contribution in [0.25, 0.3) is 0 Å². The lowest BCUT2D eigenvalue weighted by Gasteiger charge is -2.34. The zero-order chi connectivity index (χ0) is 16.9. The van der Waals surface area contributed by atoms with E-state index in [4.69, 9.17) is 4.74 Å². The number of rotatable bonds is 7. The van der Waals surface area contributed by atoms with Gasteiger partial charge in [0.15, 0.2) is 0 Å². The molecule has 0 aromatic carbocycles. The zero-order valence-corrected chi connectivity index (χ0v) is 14.9. The molecule has 6 nitrogen and oxygen atoms in total. The normalized spacial score (nSPS) is 22.3. The molecular formula is C16H27N3O3S. The first-order valence-electron chi connectivity index (χ1n) is 8.27. The number of hydrogen-bond donors (Lipinski definition) is 2. The summed E-state index contributed by atoms with van der Waals surface area (Å²) < 4.78 is 31.6. The second kappa shape index (κ2) is 8.08. The quantitative estimate of drug-likeness (QED) is 0.796. The molecule has 130 valence electrons. The Morgan fingerprint density at radius 1 is 1.35 bits per heavy atom. The summed E-state index contributed by atoms with van der Waals surface area (Å²) in [5.41, 5.74) is 0. The second-order valence-corrected chi connectivity index (χ2v) is 7.82. The lowest BCUT2D eigenvalue weighted by molar-refractivity contribution is -0.0271. The molecule has 0 spiro atoms. The number of anilines is 1. The fourth-order valence-corrected chi connectivity index (χ4v) is 3.73. The van der Waals surface area contributed by atoms with Gasteiger partial charge in [-0.05, 0) is 37.9 Å². The standard InChI is InChI=1S/C16H27N3O3S/c1-4-12(5-2)15-10-13(8-9-22-15)19-16-7-6-14(11-18-16)23(20,21)17-3/h6-7,11-13,15,17H,4-5,8-10H2,1-3H3,(H,18,19). The third-order valence-electron chi connectivity index (χ3n) is 4.56. The molecule has 1 aromatic heterocycles. The Hall–Kier alpha value is -1.18. The minimum Gasteiger partial charge on any atom is -0.378 e. The van der Waals surface area contributed by atoms with Gasteiger partial charge in [-0.15, -0.1) is 0 Å². The number of nitrogens with zero attached hydrogens (tertiary/aromatic N) is 1. The summed E-state index contributed by atoms with van der Waals surface area (Å²) in [5.74, 6) is 1.30. The summed E-state index contributed by atoms with van der Waals surface area (Å²) in [6.07, 6.45) is 5.83. The Morgan fingerprint density at radius 3 is 2.65 bits per heavy atom. The van der Waals surface area contributed by atoms with Crippen molar-refractivity contribution in [2.45, 2.75) is 56.6 Å². The van der Waals surface area contributed by atoms with Crippen molar-refractivity contribution in [3.63, 3.8) is 0 Å². The van der Waals surface area contributed by atoms with E-state index in [1.807, 2.05) is 0 Å². The van der Waals surface area contributed by atoms with Crippen LogP contribution in [0, 0.1) is 5.92 Å². The molecule has 2 N–H and O–H groups in total. The second-order valence-electron chi connectivity index (χ2n) is 5.94. The van der Waals surface area contributed by atoms with Crippen LogP contribution in [0.2, 0.25) is 0 Å². The van der Waals surface area contributed by atoms with Gasteiger partial charge >= 0.3 is 0 Å². The van der Waals surface area contributed by atoms with E-state index in [0.29, 0.717) is 23.9 Å². The van der Waals surface area contributed by atoms with Crippen molar-refractivity contribution in [1.29, 1.82) is 0 Å². The Morgan fingerprint density at radius 2 is 2.09 bits per heavy atom. The lowest BCUT2D eigenvalue weighted by atomic mass is 9.89. The van der Waals surface area contributed by atoms with Crippen molar-refractivity contribution in [1.82, 2.24) is 9.71 Å². The first-order chi connectivity index (χ1) is 11.0. The van der Waals surface area contributed by atoms with Gasteiger partial charge in [-0.1, -0.05) is 26.7 Å². The van der Waals surface area contributed by atoms with Gasteiger partial charge in [-0.3, -0.25) is 0 Å². The minimum atomic E-state index is -3.44. The Labute approximate surface area is 139 Å². The van der Waals surface area contributed by atoms with Gasteiger partial charge in [-0.25, -0.2) is 18.1 Å².